The van der Waals surface area contributed by atoms with Gasteiger partial charge in [0.1, 0.15) is 16.9 Å². The Bertz CT molecular complexity index is 1610. The lowest BCUT2D eigenvalue weighted by molar-refractivity contribution is -0.138. The number of carbonyl (C=O) groups excluding carboxylic acids is 1. The van der Waals surface area contributed by atoms with E-state index in [-0.39, 0.29) is 23.7 Å². The van der Waals surface area contributed by atoms with Crippen LogP contribution in [0.25, 0.3) is 11.1 Å². The molecule has 192 valence electrons. The van der Waals surface area contributed by atoms with E-state index in [4.69, 9.17) is 21.1 Å². The van der Waals surface area contributed by atoms with Gasteiger partial charge in [0.15, 0.2) is 5.82 Å². The Labute approximate surface area is 211 Å². The molecule has 2 aromatic carbocycles. The molecule has 4 aromatic rings. The number of carbonyl (C=O) groups is 1. The summed E-state index contributed by atoms with van der Waals surface area (Å²) in [4.78, 5) is 37.2. The molecule has 0 unspecified atom stereocenters. The molecular formula is C24H18ClF3N4O5. The van der Waals surface area contributed by atoms with Crippen LogP contribution in [0.15, 0.2) is 64.3 Å². The van der Waals surface area contributed by atoms with Crippen molar-refractivity contribution in [2.24, 2.45) is 7.05 Å². The van der Waals surface area contributed by atoms with Gasteiger partial charge in [-0.25, -0.2) is 14.7 Å². The van der Waals surface area contributed by atoms with Crippen LogP contribution in [0.1, 0.15) is 21.7 Å². The maximum atomic E-state index is 13.9. The van der Waals surface area contributed by atoms with Crippen molar-refractivity contribution in [3.05, 3.63) is 97.5 Å². The van der Waals surface area contributed by atoms with Gasteiger partial charge < -0.3 is 14.0 Å². The van der Waals surface area contributed by atoms with E-state index in [1.165, 1.54) is 25.2 Å². The first kappa shape index (κ1) is 25.8. The van der Waals surface area contributed by atoms with Crippen molar-refractivity contribution in [2.45, 2.75) is 12.7 Å². The Kier molecular flexibility index (Phi) is 6.94. The van der Waals surface area contributed by atoms with Gasteiger partial charge in [0.25, 0.3) is 5.56 Å². The number of hydrogen-bond donors (Lipinski definition) is 1. The summed E-state index contributed by atoms with van der Waals surface area (Å²) < 4.78 is 53.9. The fourth-order valence-electron chi connectivity index (χ4n) is 3.52. The number of halogens is 4. The fraction of sp³-hybridized carbons (Fsp3) is 0.167. The zero-order valence-corrected chi connectivity index (χ0v) is 20.1. The summed E-state index contributed by atoms with van der Waals surface area (Å²) >= 11 is 6.05. The first-order valence-corrected chi connectivity index (χ1v) is 10.9. The topological polar surface area (TPSA) is 108 Å². The van der Waals surface area contributed by atoms with Crippen LogP contribution >= 0.6 is 11.6 Å². The van der Waals surface area contributed by atoms with Gasteiger partial charge in [-0.3, -0.25) is 9.36 Å². The van der Waals surface area contributed by atoms with Crippen molar-refractivity contribution >= 4 is 17.6 Å². The number of esters is 1. The molecule has 0 fully saturated rings. The van der Waals surface area contributed by atoms with Crippen LogP contribution in [0, 0.1) is 0 Å². The van der Waals surface area contributed by atoms with Gasteiger partial charge in [0.05, 0.1) is 13.7 Å². The van der Waals surface area contributed by atoms with Gasteiger partial charge in [-0.15, -0.1) is 0 Å². The van der Waals surface area contributed by atoms with E-state index in [1.807, 2.05) is 0 Å². The third kappa shape index (κ3) is 5.28. The summed E-state index contributed by atoms with van der Waals surface area (Å²) in [6, 6.07) is 11.5. The molecule has 13 heteroatoms. The van der Waals surface area contributed by atoms with E-state index in [2.05, 4.69) is 10.2 Å². The van der Waals surface area contributed by atoms with E-state index in [1.54, 1.807) is 24.3 Å². The van der Waals surface area contributed by atoms with Crippen LogP contribution in [0.5, 0.6) is 11.5 Å². The molecule has 0 amide bonds. The molecule has 0 atom stereocenters. The van der Waals surface area contributed by atoms with Gasteiger partial charge in [0, 0.05) is 18.3 Å². The molecule has 37 heavy (non-hydrogen) atoms. The fourth-order valence-corrected chi connectivity index (χ4v) is 3.71. The number of ether oxygens (including phenoxy) is 2. The Morgan fingerprint density at radius 3 is 2.46 bits per heavy atom. The maximum absolute atomic E-state index is 13.9. The van der Waals surface area contributed by atoms with Crippen LogP contribution in [0.2, 0.25) is 5.02 Å². The van der Waals surface area contributed by atoms with E-state index in [0.717, 1.165) is 22.4 Å². The maximum Gasteiger partial charge on any atom is 0.420 e. The molecule has 4 rings (SSSR count). The normalized spacial score (nSPS) is 11.4. The van der Waals surface area contributed by atoms with Crippen LogP contribution in [0.4, 0.5) is 13.2 Å². The number of nitrogens with one attached hydrogen (secondary N) is 1. The first-order valence-electron chi connectivity index (χ1n) is 10.6. The van der Waals surface area contributed by atoms with Gasteiger partial charge in [0.2, 0.25) is 5.75 Å². The van der Waals surface area contributed by atoms with Crippen molar-refractivity contribution in [3.8, 4) is 22.6 Å². The van der Waals surface area contributed by atoms with E-state index in [0.29, 0.717) is 22.2 Å². The molecule has 0 saturated carbocycles. The number of aromatic amines is 1. The number of hydrogen-bond acceptors (Lipinski definition) is 6. The van der Waals surface area contributed by atoms with E-state index in [9.17, 15) is 27.6 Å². The minimum atomic E-state index is -4.96. The Morgan fingerprint density at radius 1 is 1.11 bits per heavy atom. The van der Waals surface area contributed by atoms with E-state index >= 15 is 0 Å². The first-order chi connectivity index (χ1) is 17.5. The third-order valence-corrected chi connectivity index (χ3v) is 5.70. The molecule has 0 aliphatic rings. The monoisotopic (exact) mass is 534 g/mol. The number of benzene rings is 2. The highest BCUT2D eigenvalue weighted by atomic mass is 35.5. The van der Waals surface area contributed by atoms with Crippen molar-refractivity contribution < 1.29 is 27.4 Å². The zero-order chi connectivity index (χ0) is 26.9. The number of methoxy groups -OCH3 is 1. The largest absolute Gasteiger partial charge is 0.465 e. The third-order valence-electron chi connectivity index (χ3n) is 5.47. The molecule has 0 saturated heterocycles. The quantitative estimate of drug-likeness (QED) is 0.371. The number of aromatic nitrogens is 4. The highest BCUT2D eigenvalue weighted by molar-refractivity contribution is 6.30. The molecule has 0 radical (unpaired) electrons. The second-order valence-electron chi connectivity index (χ2n) is 7.81. The van der Waals surface area contributed by atoms with Crippen molar-refractivity contribution in [1.82, 2.24) is 19.3 Å². The van der Waals surface area contributed by atoms with Gasteiger partial charge in [-0.1, -0.05) is 29.8 Å². The van der Waals surface area contributed by atoms with Gasteiger partial charge in [-0.2, -0.15) is 18.3 Å². The van der Waals surface area contributed by atoms with E-state index < -0.39 is 34.7 Å². The second kappa shape index (κ2) is 9.97. The minimum absolute atomic E-state index is 0.0935. The Hall–Kier alpha value is -4.32. The van der Waals surface area contributed by atoms with Crippen LogP contribution in [-0.2, 0) is 24.5 Å². The van der Waals surface area contributed by atoms with Crippen LogP contribution in [0.3, 0.4) is 0 Å². The number of nitrogens with zero attached hydrogens (tertiary/aromatic N) is 3. The molecular weight excluding hydrogens is 517 g/mol. The lowest BCUT2D eigenvalue weighted by Gasteiger charge is -2.17. The molecule has 9 nitrogen and oxygen atoms in total. The van der Waals surface area contributed by atoms with Crippen molar-refractivity contribution in [3.63, 3.8) is 0 Å². The molecule has 0 aliphatic heterocycles. The highest BCUT2D eigenvalue weighted by Gasteiger charge is 2.37. The summed E-state index contributed by atoms with van der Waals surface area (Å²) in [5.41, 5.74) is -2.22. The zero-order valence-electron chi connectivity index (χ0n) is 19.3. The van der Waals surface area contributed by atoms with Gasteiger partial charge >= 0.3 is 17.8 Å². The predicted molar refractivity (Wildman–Crippen MR) is 127 cm³/mol. The Balaban J connectivity index is 1.87. The molecule has 1 N–H and O–H groups in total. The van der Waals surface area contributed by atoms with Crippen molar-refractivity contribution in [2.75, 3.05) is 7.11 Å². The van der Waals surface area contributed by atoms with Crippen LogP contribution in [-0.4, -0.2) is 32.4 Å². The molecule has 2 heterocycles. The standard InChI is InChI=1S/C24H18ClF3N4O5/c1-31-19(29-30-23(31)35)12-32-9-8-17(24(26,27)28)20(21(32)33)37-18-11-14(6-7-16(18)22(34)36-2)13-4-3-5-15(25)10-13/h3-11H,12H2,1-2H3,(H,30,35). The summed E-state index contributed by atoms with van der Waals surface area (Å²) in [6.07, 6.45) is -4.04. The average molecular weight is 535 g/mol. The summed E-state index contributed by atoms with van der Waals surface area (Å²) in [5.74, 6) is -2.19. The lowest BCUT2D eigenvalue weighted by Crippen LogP contribution is -2.26. The molecule has 0 spiro atoms. The highest BCUT2D eigenvalue weighted by Crippen LogP contribution is 2.38. The minimum Gasteiger partial charge on any atom is -0.465 e. The smallest absolute Gasteiger partial charge is 0.420 e. The number of alkyl halides is 3. The molecule has 2 aromatic heterocycles. The molecule has 0 aliphatic carbocycles. The lowest BCUT2D eigenvalue weighted by atomic mass is 10.0. The number of H-pyrrole nitrogens is 1. The summed E-state index contributed by atoms with van der Waals surface area (Å²) in [6.45, 7) is -0.324. The predicted octanol–water partition coefficient (Wildman–Crippen LogP) is 4.24. The van der Waals surface area contributed by atoms with Crippen molar-refractivity contribution in [1.29, 1.82) is 0 Å². The summed E-state index contributed by atoms with van der Waals surface area (Å²) in [7, 11) is 2.49. The average Bonchev–Trinajstić information content (AvgIpc) is 3.17. The molecule has 0 bridgehead atoms. The second-order valence-corrected chi connectivity index (χ2v) is 8.24. The number of pyridine rings is 1. The summed E-state index contributed by atoms with van der Waals surface area (Å²) in [5, 5.41) is 6.37. The van der Waals surface area contributed by atoms with Crippen LogP contribution < -0.4 is 16.0 Å². The van der Waals surface area contributed by atoms with Gasteiger partial charge in [-0.05, 0) is 41.5 Å². The SMILES string of the molecule is COC(=O)c1ccc(-c2cccc(Cl)c2)cc1Oc1c(C(F)(F)F)ccn(Cc2n[nH]c(=O)n2C)c1=O. The number of rotatable bonds is 6. The Morgan fingerprint density at radius 2 is 1.84 bits per heavy atom.